The summed E-state index contributed by atoms with van der Waals surface area (Å²) in [4.78, 5) is 8.70. The summed E-state index contributed by atoms with van der Waals surface area (Å²) in [5.41, 5.74) is 3.72. The minimum atomic E-state index is -4.93. The van der Waals surface area contributed by atoms with E-state index in [1.165, 1.54) is 19.1 Å². The molecule has 1 aromatic heterocycles. The van der Waals surface area contributed by atoms with Gasteiger partial charge in [-0.05, 0) is 44.9 Å². The number of methoxy groups -OCH3 is 2. The molecule has 0 amide bonds. The Morgan fingerprint density at radius 3 is 2.56 bits per heavy atom. The van der Waals surface area contributed by atoms with Gasteiger partial charge in [-0.1, -0.05) is 0 Å². The smallest absolute Gasteiger partial charge is 0.419 e. The Morgan fingerprint density at radius 2 is 1.92 bits per heavy atom. The summed E-state index contributed by atoms with van der Waals surface area (Å²) in [6.45, 7) is 3.75. The van der Waals surface area contributed by atoms with Crippen molar-refractivity contribution >= 4 is 22.4 Å². The summed E-state index contributed by atoms with van der Waals surface area (Å²) in [7, 11) is -1.19. The lowest BCUT2D eigenvalue weighted by Gasteiger charge is -2.21. The summed E-state index contributed by atoms with van der Waals surface area (Å²) in [6.07, 6.45) is -3.18. The van der Waals surface area contributed by atoms with E-state index >= 15 is 0 Å². The van der Waals surface area contributed by atoms with Crippen LogP contribution in [0.25, 0.3) is 10.9 Å². The maximum atomic E-state index is 14.9. The molecule has 2 aromatic carbocycles. The second kappa shape index (κ2) is 9.61. The zero-order chi connectivity index (χ0) is 28.8. The molecule has 0 bridgehead atoms. The van der Waals surface area contributed by atoms with Crippen LogP contribution >= 0.6 is 0 Å². The summed E-state index contributed by atoms with van der Waals surface area (Å²) >= 11 is 0. The Hall–Kier alpha value is -3.34. The number of aromatic nitrogens is 2. The van der Waals surface area contributed by atoms with Gasteiger partial charge >= 0.3 is 6.18 Å². The topological polar surface area (TPSA) is 91.5 Å². The SMILES string of the molecule is [2H]C([2H])([2H])Oc1cc2nc(C)nc(N[C@H](C)c3cc(N)cc(C(F)(F)F)c3F)c2cc1OCC1(COC)CC1. The van der Waals surface area contributed by atoms with Gasteiger partial charge in [-0.25, -0.2) is 14.4 Å². The molecule has 0 saturated heterocycles. The lowest BCUT2D eigenvalue weighted by atomic mass is 10.0. The number of aryl methyl sites for hydroxylation is 1. The lowest BCUT2D eigenvalue weighted by Crippen LogP contribution is -2.19. The summed E-state index contributed by atoms with van der Waals surface area (Å²) in [5.74, 6) is -0.962. The molecule has 4 rings (SSSR count). The number of nitrogens with zero attached hydrogens (tertiary/aromatic N) is 2. The second-order valence-electron chi connectivity index (χ2n) is 9.09. The van der Waals surface area contributed by atoms with Crippen molar-refractivity contribution in [3.8, 4) is 11.5 Å². The number of nitrogens with one attached hydrogen (secondary N) is 1. The molecule has 11 heteroatoms. The van der Waals surface area contributed by atoms with Crippen LogP contribution < -0.4 is 20.5 Å². The van der Waals surface area contributed by atoms with Crippen LogP contribution in [-0.4, -0.2) is 37.3 Å². The number of rotatable bonds is 9. The van der Waals surface area contributed by atoms with Crippen LogP contribution in [0.4, 0.5) is 29.1 Å². The molecule has 194 valence electrons. The van der Waals surface area contributed by atoms with E-state index in [2.05, 4.69) is 15.3 Å². The van der Waals surface area contributed by atoms with Gasteiger partial charge in [-0.15, -0.1) is 0 Å². The fourth-order valence-electron chi connectivity index (χ4n) is 4.07. The number of halogens is 4. The van der Waals surface area contributed by atoms with Crippen molar-refractivity contribution in [2.75, 3.05) is 38.4 Å². The van der Waals surface area contributed by atoms with Gasteiger partial charge in [0.1, 0.15) is 17.5 Å². The van der Waals surface area contributed by atoms with E-state index < -0.39 is 30.6 Å². The molecular formula is C25H28F4N4O3. The van der Waals surface area contributed by atoms with Crippen LogP contribution in [0.1, 0.15) is 46.9 Å². The number of anilines is 2. The third-order valence-electron chi connectivity index (χ3n) is 6.17. The Bertz CT molecular complexity index is 1380. The number of nitrogens with two attached hydrogens (primary N) is 1. The Labute approximate surface area is 210 Å². The average Bonchev–Trinajstić information content (AvgIpc) is 3.57. The Balaban J connectivity index is 1.75. The first-order chi connectivity index (χ1) is 18.1. The van der Waals surface area contributed by atoms with Crippen LogP contribution in [0, 0.1) is 18.2 Å². The highest BCUT2D eigenvalue weighted by atomic mass is 19.4. The third kappa shape index (κ3) is 5.25. The molecule has 3 aromatic rings. The highest BCUT2D eigenvalue weighted by Crippen LogP contribution is 2.47. The normalized spacial score (nSPS) is 17.1. The van der Waals surface area contributed by atoms with E-state index in [1.807, 2.05) is 0 Å². The van der Waals surface area contributed by atoms with E-state index in [4.69, 9.17) is 24.1 Å². The van der Waals surface area contributed by atoms with Crippen molar-refractivity contribution < 1.29 is 35.9 Å². The zero-order valence-electron chi connectivity index (χ0n) is 22.9. The molecule has 3 N–H and O–H groups in total. The van der Waals surface area contributed by atoms with Crippen molar-refractivity contribution in [2.45, 2.75) is 38.9 Å². The number of ether oxygens (including phenoxy) is 3. The number of benzene rings is 2. The van der Waals surface area contributed by atoms with Crippen molar-refractivity contribution in [1.82, 2.24) is 9.97 Å². The fraction of sp³-hybridized carbons (Fsp3) is 0.440. The molecule has 0 spiro atoms. The molecule has 0 radical (unpaired) electrons. The van der Waals surface area contributed by atoms with Crippen molar-refractivity contribution in [1.29, 1.82) is 0 Å². The molecule has 1 heterocycles. The van der Waals surface area contributed by atoms with E-state index in [-0.39, 0.29) is 51.9 Å². The van der Waals surface area contributed by atoms with Gasteiger partial charge in [0.15, 0.2) is 11.5 Å². The standard InChI is InChI=1S/C25H28F4N4O3/c1-13(16-7-15(30)8-18(22(16)26)25(27,28)29)31-23-17-9-21(36-12-24(5-6-24)11-34-3)20(35-4)10-19(17)32-14(2)33-23/h7-10,13H,5-6,11-12,30H2,1-4H3,(H,31,32,33)/t13-/m1/s1/i4D3. The molecule has 0 unspecified atom stereocenters. The van der Waals surface area contributed by atoms with Gasteiger partial charge in [0.2, 0.25) is 0 Å². The van der Waals surface area contributed by atoms with Crippen LogP contribution in [-0.2, 0) is 10.9 Å². The molecular weight excluding hydrogens is 480 g/mol. The van der Waals surface area contributed by atoms with E-state index in [0.717, 1.165) is 18.9 Å². The van der Waals surface area contributed by atoms with Crippen LogP contribution in [0.5, 0.6) is 11.5 Å². The summed E-state index contributed by atoms with van der Waals surface area (Å²) in [6, 6.07) is 3.55. The van der Waals surface area contributed by atoms with Crippen molar-refractivity contribution in [3.63, 3.8) is 0 Å². The number of fused-ring (bicyclic) bond motifs is 1. The first-order valence-electron chi connectivity index (χ1n) is 12.7. The molecule has 0 aliphatic heterocycles. The van der Waals surface area contributed by atoms with E-state index in [0.29, 0.717) is 18.1 Å². The summed E-state index contributed by atoms with van der Waals surface area (Å²) < 4.78 is 94.0. The predicted molar refractivity (Wildman–Crippen MR) is 128 cm³/mol. The first kappa shape index (κ1) is 21.9. The maximum Gasteiger partial charge on any atom is 0.419 e. The van der Waals surface area contributed by atoms with Crippen molar-refractivity contribution in [3.05, 3.63) is 47.0 Å². The number of hydrogen-bond donors (Lipinski definition) is 2. The first-order valence-corrected chi connectivity index (χ1v) is 11.2. The highest BCUT2D eigenvalue weighted by molar-refractivity contribution is 5.92. The van der Waals surface area contributed by atoms with Gasteiger partial charge in [-0.2, -0.15) is 13.2 Å². The molecule has 1 saturated carbocycles. The average molecular weight is 512 g/mol. The Morgan fingerprint density at radius 1 is 1.17 bits per heavy atom. The number of hydrogen-bond acceptors (Lipinski definition) is 7. The second-order valence-corrected chi connectivity index (χ2v) is 9.09. The van der Waals surface area contributed by atoms with Gasteiger partial charge < -0.3 is 25.3 Å². The highest BCUT2D eigenvalue weighted by Gasteiger charge is 2.44. The van der Waals surface area contributed by atoms with Gasteiger partial charge in [0.05, 0.1) is 41.5 Å². The Kier molecular flexibility index (Phi) is 5.84. The molecule has 36 heavy (non-hydrogen) atoms. The van der Waals surface area contributed by atoms with E-state index in [1.54, 1.807) is 14.0 Å². The van der Waals surface area contributed by atoms with Crippen molar-refractivity contribution in [2.24, 2.45) is 5.41 Å². The molecule has 1 aliphatic rings. The van der Waals surface area contributed by atoms with Crippen LogP contribution in [0.15, 0.2) is 24.3 Å². The fourth-order valence-corrected chi connectivity index (χ4v) is 4.07. The minimum Gasteiger partial charge on any atom is -0.493 e. The van der Waals surface area contributed by atoms with Gasteiger partial charge in [-0.3, -0.25) is 0 Å². The van der Waals surface area contributed by atoms with Crippen LogP contribution in [0.3, 0.4) is 0 Å². The third-order valence-corrected chi connectivity index (χ3v) is 6.17. The lowest BCUT2D eigenvalue weighted by molar-refractivity contribution is -0.140. The molecule has 1 aliphatic carbocycles. The van der Waals surface area contributed by atoms with E-state index in [9.17, 15) is 17.6 Å². The van der Waals surface area contributed by atoms with Gasteiger partial charge in [0.25, 0.3) is 0 Å². The molecule has 7 nitrogen and oxygen atoms in total. The zero-order valence-corrected chi connectivity index (χ0v) is 19.9. The number of nitrogen functional groups attached to an aromatic ring is 1. The summed E-state index contributed by atoms with van der Waals surface area (Å²) in [5, 5.41) is 3.31. The van der Waals surface area contributed by atoms with Crippen LogP contribution in [0.2, 0.25) is 0 Å². The monoisotopic (exact) mass is 511 g/mol. The maximum absolute atomic E-state index is 14.9. The largest absolute Gasteiger partial charge is 0.493 e. The minimum absolute atomic E-state index is 0.0653. The number of alkyl halides is 3. The van der Waals surface area contributed by atoms with Gasteiger partial charge in [0, 0.05) is 35.2 Å². The molecule has 1 atom stereocenters. The molecule has 1 fully saturated rings. The quantitative estimate of drug-likeness (QED) is 0.283. The predicted octanol–water partition coefficient (Wildman–Crippen LogP) is 5.67.